The number of rotatable bonds is 7. The molecule has 0 fully saturated rings. The molecule has 2 rings (SSSR count). The minimum Gasteiger partial charge on any atom is -0.467 e. The normalized spacial score (nSPS) is 11.2. The highest BCUT2D eigenvalue weighted by molar-refractivity contribution is 5.74. The number of fused-ring (bicyclic) bond motifs is 1. The van der Waals surface area contributed by atoms with Crippen LogP contribution in [0.3, 0.4) is 0 Å². The Balaban J connectivity index is 2.45. The molecular formula is C14H19N3O4. The van der Waals surface area contributed by atoms with Gasteiger partial charge in [0.2, 0.25) is 0 Å². The fraction of sp³-hybridized carbons (Fsp3) is 0.500. The van der Waals surface area contributed by atoms with E-state index in [9.17, 15) is 4.79 Å². The molecule has 0 aliphatic rings. The zero-order chi connectivity index (χ0) is 15.2. The number of hydrogen-bond acceptors (Lipinski definition) is 6. The predicted molar refractivity (Wildman–Crippen MR) is 77.4 cm³/mol. The van der Waals surface area contributed by atoms with Crippen LogP contribution in [0.15, 0.2) is 23.1 Å². The Morgan fingerprint density at radius 3 is 2.57 bits per heavy atom. The second-order valence-electron chi connectivity index (χ2n) is 4.26. The summed E-state index contributed by atoms with van der Waals surface area (Å²) < 4.78 is 17.5. The predicted octanol–water partition coefficient (Wildman–Crippen LogP) is 1.20. The van der Waals surface area contributed by atoms with E-state index in [-0.39, 0.29) is 18.1 Å². The van der Waals surface area contributed by atoms with E-state index in [1.165, 1.54) is 17.7 Å². The third kappa shape index (κ3) is 3.56. The first-order valence-corrected chi connectivity index (χ1v) is 6.83. The number of ether oxygens (including phenoxy) is 3. The van der Waals surface area contributed by atoms with E-state index in [4.69, 9.17) is 14.2 Å². The maximum atomic E-state index is 12.1. The maximum Gasteiger partial charge on any atom is 0.318 e. The summed E-state index contributed by atoms with van der Waals surface area (Å²) in [5.74, 6) is 0. The van der Waals surface area contributed by atoms with Crippen molar-refractivity contribution in [1.29, 1.82) is 0 Å². The molecule has 0 bridgehead atoms. The quantitative estimate of drug-likeness (QED) is 0.714. The van der Waals surface area contributed by atoms with Crippen molar-refractivity contribution in [3.8, 4) is 6.01 Å². The van der Waals surface area contributed by atoms with Crippen LogP contribution >= 0.6 is 0 Å². The second kappa shape index (κ2) is 7.14. The molecule has 21 heavy (non-hydrogen) atoms. The Kier molecular flexibility index (Phi) is 5.24. The zero-order valence-corrected chi connectivity index (χ0v) is 12.4. The highest BCUT2D eigenvalue weighted by Crippen LogP contribution is 2.13. The summed E-state index contributed by atoms with van der Waals surface area (Å²) in [5.41, 5.74) is 0.325. The van der Waals surface area contributed by atoms with Crippen molar-refractivity contribution in [2.75, 3.05) is 20.3 Å². The van der Waals surface area contributed by atoms with Crippen molar-refractivity contribution in [2.24, 2.45) is 0 Å². The Labute approximate surface area is 122 Å². The van der Waals surface area contributed by atoms with Gasteiger partial charge in [-0.05, 0) is 19.9 Å². The molecule has 0 radical (unpaired) electrons. The Morgan fingerprint density at radius 2 is 1.95 bits per heavy atom. The van der Waals surface area contributed by atoms with E-state index < -0.39 is 6.29 Å². The van der Waals surface area contributed by atoms with Gasteiger partial charge in [0.05, 0.1) is 13.7 Å². The molecule has 2 heterocycles. The molecule has 2 aromatic heterocycles. The molecule has 0 aromatic carbocycles. The molecular weight excluding hydrogens is 274 g/mol. The van der Waals surface area contributed by atoms with E-state index in [0.29, 0.717) is 18.9 Å². The molecule has 7 nitrogen and oxygen atoms in total. The van der Waals surface area contributed by atoms with Gasteiger partial charge in [0, 0.05) is 30.9 Å². The summed E-state index contributed by atoms with van der Waals surface area (Å²) in [7, 11) is 1.48. The Hall–Kier alpha value is -1.99. The van der Waals surface area contributed by atoms with Gasteiger partial charge in [0.1, 0.15) is 5.65 Å². The molecule has 0 saturated carbocycles. The van der Waals surface area contributed by atoms with Gasteiger partial charge in [-0.25, -0.2) is 4.98 Å². The minimum absolute atomic E-state index is 0.173. The molecule has 0 unspecified atom stereocenters. The molecule has 7 heteroatoms. The van der Waals surface area contributed by atoms with Crippen molar-refractivity contribution in [3.05, 3.63) is 28.7 Å². The largest absolute Gasteiger partial charge is 0.467 e. The summed E-state index contributed by atoms with van der Waals surface area (Å²) >= 11 is 0. The Morgan fingerprint density at radius 1 is 1.24 bits per heavy atom. The summed E-state index contributed by atoms with van der Waals surface area (Å²) in [6.45, 7) is 5.02. The van der Waals surface area contributed by atoms with Crippen LogP contribution < -0.4 is 10.3 Å². The average Bonchev–Trinajstić information content (AvgIpc) is 2.50. The van der Waals surface area contributed by atoms with E-state index in [2.05, 4.69) is 9.97 Å². The molecule has 0 atom stereocenters. The van der Waals surface area contributed by atoms with Gasteiger partial charge in [-0.3, -0.25) is 9.36 Å². The van der Waals surface area contributed by atoms with Gasteiger partial charge in [-0.2, -0.15) is 4.98 Å². The third-order valence-electron chi connectivity index (χ3n) is 2.92. The number of pyridine rings is 1. The highest BCUT2D eigenvalue weighted by atomic mass is 16.7. The molecule has 114 valence electrons. The summed E-state index contributed by atoms with van der Waals surface area (Å²) in [6.07, 6.45) is 1.12. The van der Waals surface area contributed by atoms with Gasteiger partial charge < -0.3 is 14.2 Å². The SMILES string of the molecule is CCOC(Cn1c(=O)ccc2cnc(OC)nc21)OCC. The molecule has 2 aromatic rings. The number of aromatic nitrogens is 3. The van der Waals surface area contributed by atoms with Crippen LogP contribution in [0.1, 0.15) is 13.8 Å². The topological polar surface area (TPSA) is 75.5 Å². The third-order valence-corrected chi connectivity index (χ3v) is 2.92. The van der Waals surface area contributed by atoms with Crippen molar-refractivity contribution in [2.45, 2.75) is 26.7 Å². The standard InChI is InChI=1S/C14H19N3O4/c1-4-20-12(21-5-2)9-17-11(18)7-6-10-8-15-14(19-3)16-13(10)17/h6-8,12H,4-5,9H2,1-3H3. The zero-order valence-electron chi connectivity index (χ0n) is 12.4. The first-order valence-electron chi connectivity index (χ1n) is 6.83. The van der Waals surface area contributed by atoms with Crippen molar-refractivity contribution >= 4 is 11.0 Å². The molecule has 0 aliphatic carbocycles. The fourth-order valence-electron chi connectivity index (χ4n) is 2.00. The number of hydrogen-bond donors (Lipinski definition) is 0. The maximum absolute atomic E-state index is 12.1. The summed E-state index contributed by atoms with van der Waals surface area (Å²) in [6, 6.07) is 3.38. The van der Waals surface area contributed by atoms with Crippen molar-refractivity contribution in [3.63, 3.8) is 0 Å². The van der Waals surface area contributed by atoms with E-state index in [1.807, 2.05) is 13.8 Å². The van der Waals surface area contributed by atoms with Gasteiger partial charge >= 0.3 is 6.01 Å². The van der Waals surface area contributed by atoms with Crippen LogP contribution in [0.2, 0.25) is 0 Å². The van der Waals surface area contributed by atoms with Gasteiger partial charge in [0.15, 0.2) is 6.29 Å². The first-order chi connectivity index (χ1) is 10.2. The van der Waals surface area contributed by atoms with Gasteiger partial charge in [-0.15, -0.1) is 0 Å². The summed E-state index contributed by atoms with van der Waals surface area (Å²) in [5, 5.41) is 0.752. The first kappa shape index (κ1) is 15.4. The molecule has 0 aliphatic heterocycles. The van der Waals surface area contributed by atoms with Gasteiger partial charge in [0.25, 0.3) is 5.56 Å². The monoisotopic (exact) mass is 293 g/mol. The lowest BCUT2D eigenvalue weighted by molar-refractivity contribution is -0.143. The van der Waals surface area contributed by atoms with Crippen LogP contribution in [-0.4, -0.2) is 41.1 Å². The smallest absolute Gasteiger partial charge is 0.318 e. The van der Waals surface area contributed by atoms with E-state index in [1.54, 1.807) is 12.3 Å². The molecule has 0 spiro atoms. The molecule has 0 N–H and O–H groups in total. The lowest BCUT2D eigenvalue weighted by Gasteiger charge is -2.19. The lowest BCUT2D eigenvalue weighted by atomic mass is 10.3. The van der Waals surface area contributed by atoms with Crippen LogP contribution in [0.25, 0.3) is 11.0 Å². The second-order valence-corrected chi connectivity index (χ2v) is 4.26. The number of nitrogens with zero attached hydrogens (tertiary/aromatic N) is 3. The fourth-order valence-corrected chi connectivity index (χ4v) is 2.00. The van der Waals surface area contributed by atoms with E-state index in [0.717, 1.165) is 5.39 Å². The van der Waals surface area contributed by atoms with Crippen LogP contribution in [0, 0.1) is 0 Å². The Bertz CT molecular complexity index is 650. The van der Waals surface area contributed by atoms with Crippen LogP contribution in [-0.2, 0) is 16.0 Å². The number of methoxy groups -OCH3 is 1. The van der Waals surface area contributed by atoms with E-state index >= 15 is 0 Å². The lowest BCUT2D eigenvalue weighted by Crippen LogP contribution is -2.30. The van der Waals surface area contributed by atoms with Gasteiger partial charge in [-0.1, -0.05) is 0 Å². The molecule has 0 amide bonds. The minimum atomic E-state index is -0.496. The van der Waals surface area contributed by atoms with Crippen molar-refractivity contribution in [1.82, 2.24) is 14.5 Å². The van der Waals surface area contributed by atoms with Crippen LogP contribution in [0.5, 0.6) is 6.01 Å². The van der Waals surface area contributed by atoms with Crippen LogP contribution in [0.4, 0.5) is 0 Å². The molecule has 0 saturated heterocycles. The summed E-state index contributed by atoms with van der Waals surface area (Å²) in [4.78, 5) is 20.4. The average molecular weight is 293 g/mol. The highest BCUT2D eigenvalue weighted by Gasteiger charge is 2.14. The van der Waals surface area contributed by atoms with Crippen molar-refractivity contribution < 1.29 is 14.2 Å².